The van der Waals surface area contributed by atoms with E-state index >= 15 is 0 Å². The van der Waals surface area contributed by atoms with Gasteiger partial charge in [0, 0.05) is 0 Å². The van der Waals surface area contributed by atoms with E-state index in [1.54, 1.807) is 0 Å². The van der Waals surface area contributed by atoms with E-state index < -0.39 is 16.9 Å². The zero-order chi connectivity index (χ0) is 7.73. The van der Waals surface area contributed by atoms with Crippen LogP contribution in [0.3, 0.4) is 0 Å². The molecule has 58 valence electrons. The van der Waals surface area contributed by atoms with Crippen molar-refractivity contribution in [3.8, 4) is 0 Å². The van der Waals surface area contributed by atoms with Gasteiger partial charge in [-0.05, 0) is 0 Å². The molecule has 0 bridgehead atoms. The number of hydrogen-bond acceptors (Lipinski definition) is 3. The zero-order valence-corrected chi connectivity index (χ0v) is 7.13. The average molecular weight is 178 g/mol. The summed E-state index contributed by atoms with van der Waals surface area (Å²) in [5.74, 6) is 0. The Labute approximate surface area is 53.4 Å². The van der Waals surface area contributed by atoms with Crippen LogP contribution in [0.25, 0.3) is 0 Å². The summed E-state index contributed by atoms with van der Waals surface area (Å²) in [6.45, 7) is 2.85. The third-order valence-electron chi connectivity index (χ3n) is 0.385. The third-order valence-corrected chi connectivity index (χ3v) is 3.46. The van der Waals surface area contributed by atoms with Gasteiger partial charge in [0.2, 0.25) is 0 Å². The van der Waals surface area contributed by atoms with Crippen molar-refractivity contribution < 1.29 is 22.4 Å². The molecule has 0 aromatic carbocycles. The molecular weight excluding hydrogens is 169 g/mol. The summed E-state index contributed by atoms with van der Waals surface area (Å²) >= 11 is 0. The molecule has 0 aromatic heterocycles. The topological polar surface area (TPSA) is 49.7 Å². The fraction of sp³-hybridized carbons (Fsp3) is 1.00. The van der Waals surface area contributed by atoms with Gasteiger partial charge in [-0.2, -0.15) is 0 Å². The number of halogens is 2. The Balaban J connectivity index is 3.89. The molecule has 0 radical (unpaired) electrons. The van der Waals surface area contributed by atoms with Gasteiger partial charge >= 0.3 is 52.4 Å². The first-order valence-electron chi connectivity index (χ1n) is 2.31. The molecule has 0 saturated heterocycles. The van der Waals surface area contributed by atoms with E-state index in [0.717, 1.165) is 0 Å². The molecule has 0 atom stereocenters. The van der Waals surface area contributed by atoms with Crippen LogP contribution in [0.1, 0.15) is 0 Å². The van der Waals surface area contributed by atoms with Gasteiger partial charge in [-0.15, -0.1) is 0 Å². The molecular formula is C2H9F2O3PSi. The Kier molecular flexibility index (Phi) is 2.31. The molecule has 0 saturated carbocycles. The van der Waals surface area contributed by atoms with Crippen molar-refractivity contribution in [3.05, 3.63) is 0 Å². The van der Waals surface area contributed by atoms with Crippen molar-refractivity contribution >= 4 is 16.9 Å². The van der Waals surface area contributed by atoms with Crippen LogP contribution in [0.5, 0.6) is 0 Å². The van der Waals surface area contributed by atoms with E-state index in [1.807, 2.05) is 0 Å². The Morgan fingerprint density at radius 3 is 1.67 bits per heavy atom. The van der Waals surface area contributed by atoms with E-state index in [-0.39, 0.29) is 0 Å². The Hall–Kier alpha value is 0.387. The van der Waals surface area contributed by atoms with Gasteiger partial charge in [0.05, 0.1) is 0 Å². The average Bonchev–Trinajstić information content (AvgIpc) is 1.16. The van der Waals surface area contributed by atoms with Crippen molar-refractivity contribution in [2.24, 2.45) is 0 Å². The molecule has 0 aliphatic carbocycles. The van der Waals surface area contributed by atoms with Gasteiger partial charge in [-0.3, -0.25) is 0 Å². The second-order valence-electron chi connectivity index (χ2n) is 1.91. The van der Waals surface area contributed by atoms with Gasteiger partial charge in [-0.1, -0.05) is 0 Å². The molecule has 0 fully saturated rings. The second-order valence-corrected chi connectivity index (χ2v) is 6.37. The fourth-order valence-corrected chi connectivity index (χ4v) is 3.13. The zero-order valence-electron chi connectivity index (χ0n) is 5.08. The summed E-state index contributed by atoms with van der Waals surface area (Å²) in [5, 5.41) is 0. The predicted molar refractivity (Wildman–Crippen MR) is 33.5 cm³/mol. The molecule has 9 heavy (non-hydrogen) atoms. The van der Waals surface area contributed by atoms with Crippen LogP contribution in [0, 0.1) is 0 Å². The molecule has 0 aromatic rings. The van der Waals surface area contributed by atoms with Gasteiger partial charge in [0.25, 0.3) is 0 Å². The number of rotatable bonds is 2. The van der Waals surface area contributed by atoms with E-state index in [9.17, 15) is 8.39 Å². The fourth-order valence-electron chi connectivity index (χ4n) is 0.348. The van der Waals surface area contributed by atoms with Crippen molar-refractivity contribution in [2.45, 2.75) is 13.1 Å². The van der Waals surface area contributed by atoms with Crippen LogP contribution in [0.2, 0.25) is 13.1 Å². The summed E-state index contributed by atoms with van der Waals surface area (Å²) in [7, 11) is -8.66. The summed E-state index contributed by atoms with van der Waals surface area (Å²) in [4.78, 5) is 15.6. The van der Waals surface area contributed by atoms with Crippen LogP contribution in [-0.4, -0.2) is 18.8 Å². The monoisotopic (exact) mass is 178 g/mol. The summed E-state index contributed by atoms with van der Waals surface area (Å²) in [5.41, 5.74) is 0. The van der Waals surface area contributed by atoms with E-state index in [2.05, 4.69) is 4.21 Å². The predicted octanol–water partition coefficient (Wildman–Crippen LogP) is 1.04. The normalized spacial score (nSPS) is 17.4. The molecule has 0 amide bonds. The first kappa shape index (κ1) is 9.39. The molecule has 2 N–H and O–H groups in total. The summed E-state index contributed by atoms with van der Waals surface area (Å²) < 4.78 is 27.1. The van der Waals surface area contributed by atoms with Crippen molar-refractivity contribution in [1.82, 2.24) is 0 Å². The van der Waals surface area contributed by atoms with Crippen molar-refractivity contribution in [2.75, 3.05) is 0 Å². The molecule has 0 aliphatic heterocycles. The van der Waals surface area contributed by atoms with Crippen LogP contribution in [0.15, 0.2) is 0 Å². The Morgan fingerprint density at radius 2 is 1.67 bits per heavy atom. The van der Waals surface area contributed by atoms with E-state index in [0.29, 0.717) is 0 Å². The van der Waals surface area contributed by atoms with Crippen LogP contribution in [0.4, 0.5) is 8.39 Å². The standard InChI is InChI=1S/C2H9F2O3PSi/c1-9(2)7-8(3,4,5)6/h5-6,9H,1-2H3. The maximum absolute atomic E-state index is 11.7. The SMILES string of the molecule is C[SiH](C)OP(O)(O)(F)F. The molecule has 7 heteroatoms. The van der Waals surface area contributed by atoms with Gasteiger partial charge < -0.3 is 0 Å². The molecule has 0 unspecified atom stereocenters. The first-order chi connectivity index (χ1) is 3.67. The van der Waals surface area contributed by atoms with Gasteiger partial charge in [0.15, 0.2) is 0 Å². The van der Waals surface area contributed by atoms with Gasteiger partial charge in [-0.25, -0.2) is 0 Å². The van der Waals surface area contributed by atoms with E-state index in [1.165, 1.54) is 13.1 Å². The van der Waals surface area contributed by atoms with Crippen molar-refractivity contribution in [3.63, 3.8) is 0 Å². The minimum absolute atomic E-state index is 1.42. The summed E-state index contributed by atoms with van der Waals surface area (Å²) in [6, 6.07) is 0. The summed E-state index contributed by atoms with van der Waals surface area (Å²) in [6.07, 6.45) is 0. The molecule has 0 aliphatic rings. The Morgan fingerprint density at radius 1 is 1.33 bits per heavy atom. The second kappa shape index (κ2) is 2.21. The Bertz CT molecular complexity index is 101. The first-order valence-corrected chi connectivity index (χ1v) is 6.93. The van der Waals surface area contributed by atoms with Crippen LogP contribution >= 0.6 is 7.91 Å². The molecule has 3 nitrogen and oxygen atoms in total. The molecule has 0 heterocycles. The minimum atomic E-state index is -6.61. The number of hydrogen-bond donors (Lipinski definition) is 2. The molecule has 0 spiro atoms. The van der Waals surface area contributed by atoms with Crippen LogP contribution < -0.4 is 0 Å². The molecule has 0 rings (SSSR count). The van der Waals surface area contributed by atoms with Crippen molar-refractivity contribution in [1.29, 1.82) is 0 Å². The van der Waals surface area contributed by atoms with E-state index in [4.69, 9.17) is 9.79 Å². The van der Waals surface area contributed by atoms with Gasteiger partial charge in [0.1, 0.15) is 0 Å². The van der Waals surface area contributed by atoms with Crippen LogP contribution in [-0.2, 0) is 4.21 Å². The quantitative estimate of drug-likeness (QED) is 0.490. The maximum atomic E-state index is 11.7. The third kappa shape index (κ3) is 8.39.